The Morgan fingerprint density at radius 2 is 2.00 bits per heavy atom. The lowest BCUT2D eigenvalue weighted by Gasteiger charge is -2.20. The van der Waals surface area contributed by atoms with Gasteiger partial charge in [0, 0.05) is 12.5 Å². The van der Waals surface area contributed by atoms with Crippen LogP contribution >= 0.6 is 0 Å². The standard InChI is InChI=1S/C13H14F3N/c1-3-7-12(17-4-2)10-8-5-6-9-11(10)13(14,15)16/h1,5-6,8-9,12,17H,4,7H2,2H3. The van der Waals surface area contributed by atoms with Crippen LogP contribution in [0.3, 0.4) is 0 Å². The summed E-state index contributed by atoms with van der Waals surface area (Å²) in [5.74, 6) is 2.40. The van der Waals surface area contributed by atoms with Crippen LogP contribution in [-0.2, 0) is 6.18 Å². The van der Waals surface area contributed by atoms with Gasteiger partial charge in [-0.15, -0.1) is 12.3 Å². The van der Waals surface area contributed by atoms with Gasteiger partial charge in [0.2, 0.25) is 0 Å². The molecule has 17 heavy (non-hydrogen) atoms. The van der Waals surface area contributed by atoms with Crippen molar-refractivity contribution < 1.29 is 13.2 Å². The lowest BCUT2D eigenvalue weighted by Crippen LogP contribution is -2.23. The van der Waals surface area contributed by atoms with Gasteiger partial charge in [0.05, 0.1) is 5.56 Å². The van der Waals surface area contributed by atoms with Gasteiger partial charge >= 0.3 is 6.18 Å². The van der Waals surface area contributed by atoms with E-state index in [2.05, 4.69) is 11.2 Å². The molecule has 0 saturated heterocycles. The van der Waals surface area contributed by atoms with Gasteiger partial charge in [0.15, 0.2) is 0 Å². The third-order valence-electron chi connectivity index (χ3n) is 2.41. The Kier molecular flexibility index (Phi) is 4.59. The molecule has 0 saturated carbocycles. The predicted octanol–water partition coefficient (Wildman–Crippen LogP) is 3.38. The molecule has 0 heterocycles. The first kappa shape index (κ1) is 13.6. The molecule has 4 heteroatoms. The monoisotopic (exact) mass is 241 g/mol. The van der Waals surface area contributed by atoms with E-state index in [0.717, 1.165) is 6.07 Å². The summed E-state index contributed by atoms with van der Waals surface area (Å²) < 4.78 is 38.4. The minimum atomic E-state index is -4.35. The lowest BCUT2D eigenvalue weighted by molar-refractivity contribution is -0.138. The average molecular weight is 241 g/mol. The van der Waals surface area contributed by atoms with Gasteiger partial charge in [-0.3, -0.25) is 0 Å². The van der Waals surface area contributed by atoms with Crippen LogP contribution in [0.2, 0.25) is 0 Å². The molecule has 1 unspecified atom stereocenters. The second-order valence-corrected chi connectivity index (χ2v) is 3.60. The highest BCUT2D eigenvalue weighted by Crippen LogP contribution is 2.35. The molecule has 0 aliphatic carbocycles. The van der Waals surface area contributed by atoms with Crippen LogP contribution < -0.4 is 5.32 Å². The normalized spacial score (nSPS) is 13.1. The molecule has 0 amide bonds. The van der Waals surface area contributed by atoms with E-state index in [0.29, 0.717) is 6.54 Å². The summed E-state index contributed by atoms with van der Waals surface area (Å²) in [7, 11) is 0. The number of hydrogen-bond donors (Lipinski definition) is 1. The van der Waals surface area contributed by atoms with E-state index in [-0.39, 0.29) is 12.0 Å². The SMILES string of the molecule is C#CCC(NCC)c1ccccc1C(F)(F)F. The van der Waals surface area contributed by atoms with Crippen LogP contribution in [0.4, 0.5) is 13.2 Å². The van der Waals surface area contributed by atoms with Crippen molar-refractivity contribution in [1.82, 2.24) is 5.32 Å². The minimum absolute atomic E-state index is 0.208. The van der Waals surface area contributed by atoms with Crippen LogP contribution in [0.5, 0.6) is 0 Å². The zero-order valence-corrected chi connectivity index (χ0v) is 9.51. The molecule has 1 N–H and O–H groups in total. The Bertz CT molecular complexity index is 404. The second kappa shape index (κ2) is 5.74. The first-order valence-corrected chi connectivity index (χ1v) is 5.33. The van der Waals surface area contributed by atoms with Crippen LogP contribution in [0.1, 0.15) is 30.5 Å². The predicted molar refractivity (Wildman–Crippen MR) is 61.3 cm³/mol. The summed E-state index contributed by atoms with van der Waals surface area (Å²) in [5, 5.41) is 2.97. The molecule has 0 aliphatic rings. The van der Waals surface area contributed by atoms with Gasteiger partial charge in [-0.2, -0.15) is 13.2 Å². The van der Waals surface area contributed by atoms with Gasteiger partial charge in [0.25, 0.3) is 0 Å². The van der Waals surface area contributed by atoms with E-state index >= 15 is 0 Å². The highest BCUT2D eigenvalue weighted by atomic mass is 19.4. The molecular formula is C13H14F3N. The Labute approximate surface area is 99.0 Å². The van der Waals surface area contributed by atoms with Crippen molar-refractivity contribution in [2.24, 2.45) is 0 Å². The molecule has 0 bridgehead atoms. The summed E-state index contributed by atoms with van der Waals surface area (Å²) in [6.45, 7) is 2.40. The molecule has 0 spiro atoms. The summed E-state index contributed by atoms with van der Waals surface area (Å²) in [6, 6.07) is 5.06. The Balaban J connectivity index is 3.14. The van der Waals surface area contributed by atoms with Crippen molar-refractivity contribution in [2.75, 3.05) is 6.54 Å². The highest BCUT2D eigenvalue weighted by Gasteiger charge is 2.34. The van der Waals surface area contributed by atoms with Crippen molar-refractivity contribution in [3.63, 3.8) is 0 Å². The van der Waals surface area contributed by atoms with Gasteiger partial charge in [-0.25, -0.2) is 0 Å². The van der Waals surface area contributed by atoms with Crippen LogP contribution in [0.25, 0.3) is 0 Å². The first-order chi connectivity index (χ1) is 8.00. The van der Waals surface area contributed by atoms with Crippen molar-refractivity contribution >= 4 is 0 Å². The van der Waals surface area contributed by atoms with Gasteiger partial charge in [-0.05, 0) is 18.2 Å². The molecule has 1 nitrogen and oxygen atoms in total. The van der Waals surface area contributed by atoms with Gasteiger partial charge < -0.3 is 5.32 Å². The highest BCUT2D eigenvalue weighted by molar-refractivity contribution is 5.33. The summed E-state index contributed by atoms with van der Waals surface area (Å²) >= 11 is 0. The van der Waals surface area contributed by atoms with E-state index in [1.54, 1.807) is 6.07 Å². The number of halogens is 3. The summed E-state index contributed by atoms with van der Waals surface area (Å²) in [5.41, 5.74) is -0.416. The van der Waals surface area contributed by atoms with E-state index < -0.39 is 17.8 Å². The number of nitrogens with one attached hydrogen (secondary N) is 1. The lowest BCUT2D eigenvalue weighted by atomic mass is 9.97. The first-order valence-electron chi connectivity index (χ1n) is 5.33. The van der Waals surface area contributed by atoms with Crippen molar-refractivity contribution in [3.8, 4) is 12.3 Å². The van der Waals surface area contributed by atoms with Gasteiger partial charge in [0.1, 0.15) is 0 Å². The molecule has 92 valence electrons. The van der Waals surface area contributed by atoms with E-state index in [4.69, 9.17) is 6.42 Å². The van der Waals surface area contributed by atoms with Crippen molar-refractivity contribution in [1.29, 1.82) is 0 Å². The summed E-state index contributed by atoms with van der Waals surface area (Å²) in [4.78, 5) is 0. The summed E-state index contributed by atoms with van der Waals surface area (Å²) in [6.07, 6.45) is 1.07. The number of hydrogen-bond acceptors (Lipinski definition) is 1. The molecule has 0 aliphatic heterocycles. The van der Waals surface area contributed by atoms with E-state index in [9.17, 15) is 13.2 Å². The molecule has 1 aromatic carbocycles. The average Bonchev–Trinajstić information content (AvgIpc) is 2.28. The smallest absolute Gasteiger partial charge is 0.309 e. The maximum Gasteiger partial charge on any atom is 0.416 e. The fourth-order valence-electron chi connectivity index (χ4n) is 1.72. The van der Waals surface area contributed by atoms with Crippen LogP contribution in [0, 0.1) is 12.3 Å². The maximum absolute atomic E-state index is 12.8. The molecular weight excluding hydrogens is 227 g/mol. The third-order valence-corrected chi connectivity index (χ3v) is 2.41. The number of terminal acetylenes is 1. The molecule has 0 fully saturated rings. The third kappa shape index (κ3) is 3.50. The minimum Gasteiger partial charge on any atom is -0.309 e. The molecule has 1 rings (SSSR count). The number of alkyl halides is 3. The van der Waals surface area contributed by atoms with Crippen LogP contribution in [-0.4, -0.2) is 6.54 Å². The van der Waals surface area contributed by atoms with Crippen molar-refractivity contribution in [3.05, 3.63) is 35.4 Å². The fourth-order valence-corrected chi connectivity index (χ4v) is 1.72. The largest absolute Gasteiger partial charge is 0.416 e. The second-order valence-electron chi connectivity index (χ2n) is 3.60. The maximum atomic E-state index is 12.8. The number of rotatable bonds is 4. The zero-order valence-electron chi connectivity index (χ0n) is 9.51. The Hall–Kier alpha value is -1.47. The van der Waals surface area contributed by atoms with E-state index in [1.807, 2.05) is 6.92 Å². The zero-order chi connectivity index (χ0) is 12.9. The Morgan fingerprint density at radius 3 is 2.53 bits per heavy atom. The molecule has 0 radical (unpaired) electrons. The van der Waals surface area contributed by atoms with Crippen LogP contribution in [0.15, 0.2) is 24.3 Å². The molecule has 1 atom stereocenters. The quantitative estimate of drug-likeness (QED) is 0.797. The number of benzene rings is 1. The molecule has 0 aromatic heterocycles. The molecule has 1 aromatic rings. The van der Waals surface area contributed by atoms with E-state index in [1.165, 1.54) is 12.1 Å². The van der Waals surface area contributed by atoms with Crippen molar-refractivity contribution in [2.45, 2.75) is 25.6 Å². The van der Waals surface area contributed by atoms with Gasteiger partial charge in [-0.1, -0.05) is 25.1 Å². The fraction of sp³-hybridized carbons (Fsp3) is 0.385. The topological polar surface area (TPSA) is 12.0 Å². The Morgan fingerprint density at radius 1 is 1.35 bits per heavy atom.